The lowest BCUT2D eigenvalue weighted by atomic mass is 9.77. The molecule has 3 N–H and O–H groups in total. The van der Waals surface area contributed by atoms with Crippen LogP contribution in [0.15, 0.2) is 91.0 Å². The van der Waals surface area contributed by atoms with Gasteiger partial charge < -0.3 is 24.4 Å². The van der Waals surface area contributed by atoms with Crippen molar-refractivity contribution in [3.05, 3.63) is 108 Å². The third-order valence-electron chi connectivity index (χ3n) is 7.13. The number of aromatic nitrogens is 2. The Morgan fingerprint density at radius 3 is 2.02 bits per heavy atom. The highest BCUT2D eigenvalue weighted by molar-refractivity contribution is 6.02. The van der Waals surface area contributed by atoms with Crippen molar-refractivity contribution in [1.82, 2.24) is 15.3 Å². The van der Waals surface area contributed by atoms with Gasteiger partial charge in [-0.2, -0.15) is 9.97 Å². The zero-order valence-electron chi connectivity index (χ0n) is 23.2. The summed E-state index contributed by atoms with van der Waals surface area (Å²) in [5.74, 6) is -3.12. The van der Waals surface area contributed by atoms with Crippen molar-refractivity contribution in [3.8, 4) is 17.8 Å². The Morgan fingerprint density at radius 2 is 1.44 bits per heavy atom. The van der Waals surface area contributed by atoms with Crippen molar-refractivity contribution >= 4 is 23.5 Å². The Balaban J connectivity index is 1.77. The van der Waals surface area contributed by atoms with Crippen molar-refractivity contribution < 1.29 is 38.8 Å². The minimum absolute atomic E-state index is 0.0717. The van der Waals surface area contributed by atoms with Crippen molar-refractivity contribution in [3.63, 3.8) is 0 Å². The molecule has 0 aliphatic carbocycles. The molecule has 220 valence electrons. The highest BCUT2D eigenvalue weighted by Crippen LogP contribution is 2.44. The van der Waals surface area contributed by atoms with Gasteiger partial charge in [0, 0.05) is 5.56 Å². The Labute approximate surface area is 246 Å². The van der Waals surface area contributed by atoms with E-state index in [0.717, 1.165) is 0 Å². The zero-order valence-corrected chi connectivity index (χ0v) is 23.2. The first kappa shape index (κ1) is 29.0. The van der Waals surface area contributed by atoms with Crippen molar-refractivity contribution in [2.75, 3.05) is 25.7 Å². The van der Waals surface area contributed by atoms with Gasteiger partial charge >= 0.3 is 17.9 Å². The van der Waals surface area contributed by atoms with Gasteiger partial charge in [-0.15, -0.1) is 0 Å². The van der Waals surface area contributed by atoms with Crippen LogP contribution in [0.4, 0.5) is 5.69 Å². The average molecular weight is 585 g/mol. The molecule has 0 spiro atoms. The molecule has 5 rings (SSSR count). The minimum Gasteiger partial charge on any atom is -0.481 e. The summed E-state index contributed by atoms with van der Waals surface area (Å²) in [6.45, 7) is -0.435. The number of aliphatic carboxylic acids is 2. The van der Waals surface area contributed by atoms with E-state index in [1.165, 1.54) is 25.2 Å². The summed E-state index contributed by atoms with van der Waals surface area (Å²) >= 11 is 0. The predicted octanol–water partition coefficient (Wildman–Crippen LogP) is 3.03. The molecule has 1 amide bonds. The van der Waals surface area contributed by atoms with Crippen LogP contribution in [0.3, 0.4) is 0 Å². The fourth-order valence-electron chi connectivity index (χ4n) is 5.29. The Kier molecular flexibility index (Phi) is 8.21. The number of hydrogen-bond donors (Lipinski definition) is 3. The molecule has 4 aromatic rings. The number of carboxylic acid groups (broad SMARTS) is 2. The first-order valence-electron chi connectivity index (χ1n) is 13.2. The van der Waals surface area contributed by atoms with Gasteiger partial charge in [0.25, 0.3) is 0 Å². The monoisotopic (exact) mass is 584 g/mol. The quantitative estimate of drug-likeness (QED) is 0.251. The largest absolute Gasteiger partial charge is 0.481 e. The summed E-state index contributed by atoms with van der Waals surface area (Å²) in [6.07, 6.45) is -1.78. The first-order valence-corrected chi connectivity index (χ1v) is 13.2. The van der Waals surface area contributed by atoms with Crippen LogP contribution >= 0.6 is 0 Å². The number of benzene rings is 3. The summed E-state index contributed by atoms with van der Waals surface area (Å²) in [6, 6.07) is 23.1. The van der Waals surface area contributed by atoms with Gasteiger partial charge in [0.15, 0.2) is 6.04 Å². The highest BCUT2D eigenvalue weighted by Gasteiger charge is 2.53. The number of amides is 1. The van der Waals surface area contributed by atoms with Gasteiger partial charge in [-0.05, 0) is 17.2 Å². The van der Waals surface area contributed by atoms with E-state index in [0.29, 0.717) is 11.1 Å². The molecule has 1 aliphatic rings. The van der Waals surface area contributed by atoms with Crippen LogP contribution in [0.5, 0.6) is 17.8 Å². The van der Waals surface area contributed by atoms with E-state index in [9.17, 15) is 24.6 Å². The minimum atomic E-state index is -1.78. The van der Waals surface area contributed by atoms with E-state index < -0.39 is 42.1 Å². The van der Waals surface area contributed by atoms with Crippen LogP contribution < -0.4 is 24.4 Å². The van der Waals surface area contributed by atoms with E-state index in [1.807, 2.05) is 0 Å². The molecule has 0 fully saturated rings. The Morgan fingerprint density at radius 1 is 0.860 bits per heavy atom. The molecule has 3 aromatic carbocycles. The molecule has 0 bridgehead atoms. The number of para-hydroxylation sites is 1. The number of carboxylic acids is 2. The molecule has 2 heterocycles. The molecule has 1 aromatic heterocycles. The van der Waals surface area contributed by atoms with Gasteiger partial charge in [-0.25, -0.2) is 9.59 Å². The Hall–Kier alpha value is -5.49. The van der Waals surface area contributed by atoms with Crippen LogP contribution in [-0.2, 0) is 19.9 Å². The average Bonchev–Trinajstić information content (AvgIpc) is 3.15. The number of carbonyl (C=O) groups excluding carboxylic acids is 1. The van der Waals surface area contributed by atoms with Crippen molar-refractivity contribution in [1.29, 1.82) is 0 Å². The van der Waals surface area contributed by atoms with Crippen molar-refractivity contribution in [2.45, 2.75) is 17.7 Å². The molecule has 1 aliphatic heterocycles. The van der Waals surface area contributed by atoms with Gasteiger partial charge in [-0.3, -0.25) is 15.0 Å². The van der Waals surface area contributed by atoms with Crippen LogP contribution in [0, 0.1) is 0 Å². The number of methoxy groups -OCH3 is 2. The van der Waals surface area contributed by atoms with Crippen LogP contribution in [0.1, 0.15) is 22.7 Å². The maximum absolute atomic E-state index is 13.9. The molecule has 0 saturated carbocycles. The normalized spacial score (nSPS) is 17.6. The van der Waals surface area contributed by atoms with Gasteiger partial charge in [0.1, 0.15) is 5.54 Å². The van der Waals surface area contributed by atoms with E-state index in [4.69, 9.17) is 14.2 Å². The smallest absolute Gasteiger partial charge is 0.347 e. The third kappa shape index (κ3) is 5.43. The second-order valence-corrected chi connectivity index (χ2v) is 9.53. The molecule has 0 radical (unpaired) electrons. The van der Waals surface area contributed by atoms with E-state index in [-0.39, 0.29) is 29.0 Å². The summed E-state index contributed by atoms with van der Waals surface area (Å²) in [5.41, 5.74) is -0.458. The lowest BCUT2D eigenvalue weighted by molar-refractivity contribution is -0.149. The summed E-state index contributed by atoms with van der Waals surface area (Å²) < 4.78 is 16.5. The number of nitrogens with zero attached hydrogens (tertiary/aromatic N) is 3. The first-order chi connectivity index (χ1) is 20.8. The molecule has 43 heavy (non-hydrogen) atoms. The summed E-state index contributed by atoms with van der Waals surface area (Å²) in [4.78, 5) is 49.3. The van der Waals surface area contributed by atoms with Crippen molar-refractivity contribution in [2.24, 2.45) is 0 Å². The van der Waals surface area contributed by atoms with Crippen LogP contribution in [0.2, 0.25) is 0 Å². The number of fused-ring (bicyclic) bond motifs is 1. The van der Waals surface area contributed by atoms with Gasteiger partial charge in [0.2, 0.25) is 23.8 Å². The van der Waals surface area contributed by atoms with Gasteiger partial charge in [0.05, 0.1) is 32.5 Å². The standard InChI is InChI=1S/C31H28N4O8/c1-41-23-17-24(42-2)34-30(33-23)43-27(29(39)40)31(20-13-7-4-8-14-20)21-15-9-10-16-22(21)35(25(36)18-32-31)26(28(37)38)19-11-5-3-6-12-19/h3-17,26-27,32H,18H2,1-2H3,(H,37,38)(H,39,40)/t26-,27+,31-/m0/s1. The topological polar surface area (TPSA) is 160 Å². The molecule has 0 unspecified atom stereocenters. The molecule has 12 nitrogen and oxygen atoms in total. The lowest BCUT2D eigenvalue weighted by Crippen LogP contribution is -2.58. The molecular formula is C31H28N4O8. The van der Waals surface area contributed by atoms with Gasteiger partial charge in [-0.1, -0.05) is 78.9 Å². The van der Waals surface area contributed by atoms with E-state index >= 15 is 0 Å². The number of hydrogen-bond acceptors (Lipinski definition) is 9. The number of nitrogens with one attached hydrogen (secondary N) is 1. The molecule has 0 saturated heterocycles. The number of anilines is 1. The number of rotatable bonds is 10. The fraction of sp³-hybridized carbons (Fsp3) is 0.194. The van der Waals surface area contributed by atoms with Crippen LogP contribution in [-0.4, -0.2) is 64.9 Å². The van der Waals surface area contributed by atoms with Crippen LogP contribution in [0.25, 0.3) is 0 Å². The number of carbonyl (C=O) groups is 3. The number of ether oxygens (including phenoxy) is 3. The zero-order chi connectivity index (χ0) is 30.6. The lowest BCUT2D eigenvalue weighted by Gasteiger charge is -2.39. The summed E-state index contributed by atoms with van der Waals surface area (Å²) in [5, 5.41) is 24.2. The highest BCUT2D eigenvalue weighted by atomic mass is 16.5. The maximum Gasteiger partial charge on any atom is 0.347 e. The summed E-state index contributed by atoms with van der Waals surface area (Å²) in [7, 11) is 2.75. The predicted molar refractivity (Wildman–Crippen MR) is 153 cm³/mol. The SMILES string of the molecule is COc1cc(OC)nc(O[C@H](C(=O)O)[C@@]2(c3ccccc3)NCC(=O)N([C@H](C(=O)O)c3ccccc3)c3ccccc32)n1. The van der Waals surface area contributed by atoms with E-state index in [1.54, 1.807) is 84.9 Å². The Bertz CT molecular complexity index is 1610. The molecule has 12 heteroatoms. The fourth-order valence-corrected chi connectivity index (χ4v) is 5.29. The molecular weight excluding hydrogens is 556 g/mol. The van der Waals surface area contributed by atoms with E-state index in [2.05, 4.69) is 15.3 Å². The third-order valence-corrected chi connectivity index (χ3v) is 7.13. The molecule has 3 atom stereocenters. The maximum atomic E-state index is 13.9. The second kappa shape index (κ2) is 12.2. The second-order valence-electron chi connectivity index (χ2n) is 9.53.